The zero-order chi connectivity index (χ0) is 13.0. The summed E-state index contributed by atoms with van der Waals surface area (Å²) in [7, 11) is 1.81. The maximum absolute atomic E-state index is 12.1. The normalized spacial score (nSPS) is 23.4. The number of esters is 1. The number of hydrogen-bond donors (Lipinski definition) is 1. The molecule has 1 N–H and O–H groups in total. The zero-order valence-electron chi connectivity index (χ0n) is 11.1. The molecule has 3 heteroatoms. The molecule has 0 aromatic heterocycles. The van der Waals surface area contributed by atoms with Crippen molar-refractivity contribution in [2.75, 3.05) is 12.4 Å². The van der Waals surface area contributed by atoms with Crippen LogP contribution in [0, 0.1) is 5.92 Å². The quantitative estimate of drug-likeness (QED) is 0.831. The van der Waals surface area contributed by atoms with Crippen LogP contribution in [0.1, 0.15) is 43.0 Å². The summed E-state index contributed by atoms with van der Waals surface area (Å²) in [6.45, 7) is 2.22. The molecule has 0 unspecified atom stereocenters. The number of nitrogens with one attached hydrogen (secondary N) is 1. The second-order valence-corrected chi connectivity index (χ2v) is 5.09. The van der Waals surface area contributed by atoms with E-state index in [-0.39, 0.29) is 12.1 Å². The first-order chi connectivity index (χ1) is 8.70. The topological polar surface area (TPSA) is 38.3 Å². The van der Waals surface area contributed by atoms with Gasteiger partial charge in [-0.2, -0.15) is 0 Å². The van der Waals surface area contributed by atoms with Crippen molar-refractivity contribution in [1.82, 2.24) is 0 Å². The SMILES string of the molecule is CNc1ccccc1C(=O)O[C@H]1CCC[C@@H](C)C1. The van der Waals surface area contributed by atoms with E-state index in [0.29, 0.717) is 11.5 Å². The average molecular weight is 247 g/mol. The molecule has 18 heavy (non-hydrogen) atoms. The van der Waals surface area contributed by atoms with Crippen LogP contribution in [0.15, 0.2) is 24.3 Å². The lowest BCUT2D eigenvalue weighted by Gasteiger charge is -2.26. The Bertz CT molecular complexity index is 417. The molecule has 1 aliphatic carbocycles. The number of hydrogen-bond acceptors (Lipinski definition) is 3. The molecule has 1 aromatic carbocycles. The second kappa shape index (κ2) is 5.89. The van der Waals surface area contributed by atoms with Crippen molar-refractivity contribution in [3.63, 3.8) is 0 Å². The van der Waals surface area contributed by atoms with Crippen LogP contribution in [0.4, 0.5) is 5.69 Å². The third-order valence-corrected chi connectivity index (χ3v) is 3.58. The third kappa shape index (κ3) is 3.03. The Hall–Kier alpha value is -1.51. The predicted molar refractivity (Wildman–Crippen MR) is 72.8 cm³/mol. The lowest BCUT2D eigenvalue weighted by Crippen LogP contribution is -2.24. The molecule has 0 amide bonds. The number of carbonyl (C=O) groups is 1. The highest BCUT2D eigenvalue weighted by Crippen LogP contribution is 2.27. The Morgan fingerprint density at radius 2 is 2.11 bits per heavy atom. The Kier molecular flexibility index (Phi) is 4.24. The van der Waals surface area contributed by atoms with Crippen LogP contribution in [0.25, 0.3) is 0 Å². The summed E-state index contributed by atoms with van der Waals surface area (Å²) < 4.78 is 5.61. The van der Waals surface area contributed by atoms with E-state index in [1.54, 1.807) is 6.07 Å². The average Bonchev–Trinajstić information content (AvgIpc) is 2.38. The molecular formula is C15H21NO2. The number of carbonyl (C=O) groups excluding carboxylic acids is 1. The van der Waals surface area contributed by atoms with Crippen LogP contribution in [-0.2, 0) is 4.74 Å². The fourth-order valence-corrected chi connectivity index (χ4v) is 2.58. The standard InChI is InChI=1S/C15H21NO2/c1-11-6-5-7-12(10-11)18-15(17)13-8-3-4-9-14(13)16-2/h3-4,8-9,11-12,16H,5-7,10H2,1-2H3/t11-,12+/m1/s1. The van der Waals surface area contributed by atoms with Gasteiger partial charge >= 0.3 is 5.97 Å². The number of rotatable bonds is 3. The molecular weight excluding hydrogens is 226 g/mol. The summed E-state index contributed by atoms with van der Waals surface area (Å²) in [6.07, 6.45) is 4.49. The van der Waals surface area contributed by atoms with Gasteiger partial charge in [-0.05, 0) is 37.3 Å². The van der Waals surface area contributed by atoms with Gasteiger partial charge in [-0.15, -0.1) is 0 Å². The summed E-state index contributed by atoms with van der Waals surface area (Å²) in [5, 5.41) is 3.02. The molecule has 0 heterocycles. The minimum atomic E-state index is -0.209. The van der Waals surface area contributed by atoms with Gasteiger partial charge in [-0.25, -0.2) is 4.79 Å². The van der Waals surface area contributed by atoms with Crippen molar-refractivity contribution in [1.29, 1.82) is 0 Å². The summed E-state index contributed by atoms with van der Waals surface area (Å²) in [6, 6.07) is 7.47. The Balaban J connectivity index is 2.03. The summed E-state index contributed by atoms with van der Waals surface area (Å²) in [4.78, 5) is 12.1. The van der Waals surface area contributed by atoms with Crippen LogP contribution in [0.3, 0.4) is 0 Å². The predicted octanol–water partition coefficient (Wildman–Crippen LogP) is 3.46. The molecule has 0 spiro atoms. The number of ether oxygens (including phenoxy) is 1. The molecule has 0 aliphatic heterocycles. The number of anilines is 1. The van der Waals surface area contributed by atoms with Gasteiger partial charge in [-0.3, -0.25) is 0 Å². The lowest BCUT2D eigenvalue weighted by molar-refractivity contribution is 0.0156. The molecule has 3 nitrogen and oxygen atoms in total. The molecule has 1 aromatic rings. The molecule has 98 valence electrons. The van der Waals surface area contributed by atoms with Gasteiger partial charge in [0.2, 0.25) is 0 Å². The minimum absolute atomic E-state index is 0.0890. The first-order valence-corrected chi connectivity index (χ1v) is 6.68. The van der Waals surface area contributed by atoms with Crippen molar-refractivity contribution in [3.05, 3.63) is 29.8 Å². The van der Waals surface area contributed by atoms with Crippen LogP contribution < -0.4 is 5.32 Å². The van der Waals surface area contributed by atoms with Crippen molar-refractivity contribution < 1.29 is 9.53 Å². The smallest absolute Gasteiger partial charge is 0.340 e. The summed E-state index contributed by atoms with van der Waals surface area (Å²) >= 11 is 0. The molecule has 1 aliphatic rings. The van der Waals surface area contributed by atoms with Crippen molar-refractivity contribution in [2.45, 2.75) is 38.7 Å². The molecule has 0 saturated heterocycles. The highest BCUT2D eigenvalue weighted by Gasteiger charge is 2.23. The van der Waals surface area contributed by atoms with E-state index in [2.05, 4.69) is 12.2 Å². The van der Waals surface area contributed by atoms with Gasteiger partial charge in [0.15, 0.2) is 0 Å². The molecule has 1 fully saturated rings. The van der Waals surface area contributed by atoms with E-state index in [4.69, 9.17) is 4.74 Å². The van der Waals surface area contributed by atoms with E-state index < -0.39 is 0 Å². The van der Waals surface area contributed by atoms with Gasteiger partial charge in [0.25, 0.3) is 0 Å². The van der Waals surface area contributed by atoms with Gasteiger partial charge in [-0.1, -0.05) is 25.5 Å². The largest absolute Gasteiger partial charge is 0.459 e. The van der Waals surface area contributed by atoms with Crippen LogP contribution in [0.2, 0.25) is 0 Å². The van der Waals surface area contributed by atoms with Gasteiger partial charge in [0, 0.05) is 12.7 Å². The van der Waals surface area contributed by atoms with E-state index in [1.807, 2.05) is 25.2 Å². The van der Waals surface area contributed by atoms with E-state index in [9.17, 15) is 4.79 Å². The monoisotopic (exact) mass is 247 g/mol. The Morgan fingerprint density at radius 1 is 1.33 bits per heavy atom. The molecule has 0 radical (unpaired) electrons. The molecule has 0 bridgehead atoms. The Morgan fingerprint density at radius 3 is 2.83 bits per heavy atom. The molecule has 2 rings (SSSR count). The van der Waals surface area contributed by atoms with E-state index in [0.717, 1.165) is 24.9 Å². The van der Waals surface area contributed by atoms with E-state index in [1.165, 1.54) is 6.42 Å². The maximum atomic E-state index is 12.1. The molecule has 2 atom stereocenters. The fraction of sp³-hybridized carbons (Fsp3) is 0.533. The van der Waals surface area contributed by atoms with Gasteiger partial charge in [0.05, 0.1) is 5.56 Å². The van der Waals surface area contributed by atoms with Crippen LogP contribution in [-0.4, -0.2) is 19.1 Å². The third-order valence-electron chi connectivity index (χ3n) is 3.58. The van der Waals surface area contributed by atoms with Crippen molar-refractivity contribution in [2.24, 2.45) is 5.92 Å². The lowest BCUT2D eigenvalue weighted by atomic mass is 9.89. The van der Waals surface area contributed by atoms with Gasteiger partial charge in [0.1, 0.15) is 6.10 Å². The number of benzene rings is 1. The van der Waals surface area contributed by atoms with Gasteiger partial charge < -0.3 is 10.1 Å². The first-order valence-electron chi connectivity index (χ1n) is 6.68. The highest BCUT2D eigenvalue weighted by atomic mass is 16.5. The minimum Gasteiger partial charge on any atom is -0.459 e. The Labute approximate surface area is 109 Å². The highest BCUT2D eigenvalue weighted by molar-refractivity contribution is 5.95. The van der Waals surface area contributed by atoms with Crippen LogP contribution >= 0.6 is 0 Å². The first kappa shape index (κ1) is 12.9. The summed E-state index contributed by atoms with van der Waals surface area (Å²) in [5.41, 5.74) is 1.45. The summed E-state index contributed by atoms with van der Waals surface area (Å²) in [5.74, 6) is 0.454. The van der Waals surface area contributed by atoms with Crippen molar-refractivity contribution >= 4 is 11.7 Å². The number of para-hydroxylation sites is 1. The van der Waals surface area contributed by atoms with Crippen LogP contribution in [0.5, 0.6) is 0 Å². The van der Waals surface area contributed by atoms with E-state index >= 15 is 0 Å². The fourth-order valence-electron chi connectivity index (χ4n) is 2.58. The second-order valence-electron chi connectivity index (χ2n) is 5.09. The molecule has 1 saturated carbocycles. The van der Waals surface area contributed by atoms with Crippen molar-refractivity contribution in [3.8, 4) is 0 Å². The zero-order valence-corrected chi connectivity index (χ0v) is 11.1. The maximum Gasteiger partial charge on any atom is 0.340 e.